The second-order valence-corrected chi connectivity index (χ2v) is 4.34. The molecule has 1 heteroatoms. The fraction of sp³-hybridized carbons (Fsp3) is 0.538. The Bertz CT molecular complexity index is 291. The highest BCUT2D eigenvalue weighted by atomic mass is 35.5. The highest BCUT2D eigenvalue weighted by Gasteiger charge is 2.08. The van der Waals surface area contributed by atoms with E-state index in [-0.39, 0.29) is 0 Å². The number of rotatable bonds is 4. The molecule has 1 atom stereocenters. The van der Waals surface area contributed by atoms with Crippen molar-refractivity contribution in [1.29, 1.82) is 0 Å². The van der Waals surface area contributed by atoms with Crippen LogP contribution in [0.3, 0.4) is 0 Å². The van der Waals surface area contributed by atoms with Crippen LogP contribution in [0.4, 0.5) is 0 Å². The molecule has 0 fully saturated rings. The fourth-order valence-electron chi connectivity index (χ4n) is 1.74. The van der Waals surface area contributed by atoms with Gasteiger partial charge in [0.05, 0.1) is 0 Å². The smallest absolute Gasteiger partial charge is 0.0409 e. The molecule has 0 heterocycles. The fourth-order valence-corrected chi connectivity index (χ4v) is 1.92. The van der Waals surface area contributed by atoms with Crippen LogP contribution in [0.1, 0.15) is 50.7 Å². The molecule has 0 bridgehead atoms. The zero-order valence-electron chi connectivity index (χ0n) is 9.31. The van der Waals surface area contributed by atoms with Crippen molar-refractivity contribution in [2.45, 2.75) is 46.0 Å². The van der Waals surface area contributed by atoms with Gasteiger partial charge in [0, 0.05) is 5.02 Å². The molecule has 0 saturated carbocycles. The monoisotopic (exact) mass is 210 g/mol. The molecule has 0 aliphatic heterocycles. The first-order chi connectivity index (χ1) is 6.69. The Morgan fingerprint density at radius 3 is 2.57 bits per heavy atom. The van der Waals surface area contributed by atoms with E-state index in [2.05, 4.69) is 32.9 Å². The van der Waals surface area contributed by atoms with Gasteiger partial charge in [-0.15, -0.1) is 0 Å². The van der Waals surface area contributed by atoms with Crippen LogP contribution in [0.25, 0.3) is 0 Å². The summed E-state index contributed by atoms with van der Waals surface area (Å²) >= 11 is 6.02. The largest absolute Gasteiger partial charge is 0.0843 e. The first-order valence-corrected chi connectivity index (χ1v) is 5.85. The van der Waals surface area contributed by atoms with E-state index in [1.165, 1.54) is 24.0 Å². The van der Waals surface area contributed by atoms with E-state index < -0.39 is 0 Å². The lowest BCUT2D eigenvalue weighted by Crippen LogP contribution is -1.98. The maximum atomic E-state index is 6.02. The van der Waals surface area contributed by atoms with Crippen molar-refractivity contribution in [3.05, 3.63) is 34.3 Å². The van der Waals surface area contributed by atoms with Crippen LogP contribution < -0.4 is 0 Å². The van der Waals surface area contributed by atoms with Crippen LogP contribution in [0.5, 0.6) is 0 Å². The van der Waals surface area contributed by atoms with Crippen molar-refractivity contribution in [3.63, 3.8) is 0 Å². The summed E-state index contributed by atoms with van der Waals surface area (Å²) in [5.41, 5.74) is 2.90. The van der Waals surface area contributed by atoms with Crippen molar-refractivity contribution >= 4 is 11.6 Å². The lowest BCUT2D eigenvalue weighted by molar-refractivity contribution is 0.718. The summed E-state index contributed by atoms with van der Waals surface area (Å²) in [6.45, 7) is 6.71. The first-order valence-electron chi connectivity index (χ1n) is 5.47. The summed E-state index contributed by atoms with van der Waals surface area (Å²) in [6, 6.07) is 6.30. The summed E-state index contributed by atoms with van der Waals surface area (Å²) in [5, 5.41) is 0.861. The van der Waals surface area contributed by atoms with Crippen molar-refractivity contribution in [2.24, 2.45) is 0 Å². The van der Waals surface area contributed by atoms with Gasteiger partial charge >= 0.3 is 0 Å². The van der Waals surface area contributed by atoms with Gasteiger partial charge in [-0.3, -0.25) is 0 Å². The predicted molar refractivity (Wildman–Crippen MR) is 64.2 cm³/mol. The quantitative estimate of drug-likeness (QED) is 0.670. The average molecular weight is 211 g/mol. The molecule has 1 rings (SSSR count). The molecule has 0 spiro atoms. The van der Waals surface area contributed by atoms with Crippen molar-refractivity contribution in [1.82, 2.24) is 0 Å². The van der Waals surface area contributed by atoms with E-state index in [0.29, 0.717) is 5.92 Å². The molecule has 0 aliphatic carbocycles. The van der Waals surface area contributed by atoms with Gasteiger partial charge in [-0.05, 0) is 42.0 Å². The third-order valence-electron chi connectivity index (χ3n) is 2.77. The minimum Gasteiger partial charge on any atom is -0.0843 e. The number of hydrogen-bond acceptors (Lipinski definition) is 0. The highest BCUT2D eigenvalue weighted by molar-refractivity contribution is 6.30. The Balaban J connectivity index is 3.02. The van der Waals surface area contributed by atoms with Crippen molar-refractivity contribution < 1.29 is 0 Å². The van der Waals surface area contributed by atoms with Gasteiger partial charge in [-0.2, -0.15) is 0 Å². The zero-order chi connectivity index (χ0) is 10.6. The van der Waals surface area contributed by atoms with Crippen molar-refractivity contribution in [3.8, 4) is 0 Å². The summed E-state index contributed by atoms with van der Waals surface area (Å²) < 4.78 is 0. The number of hydrogen-bond donors (Lipinski definition) is 0. The number of benzene rings is 1. The van der Waals surface area contributed by atoms with Gasteiger partial charge in [0.15, 0.2) is 0 Å². The lowest BCUT2D eigenvalue weighted by atomic mass is 9.92. The Labute approximate surface area is 92.3 Å². The van der Waals surface area contributed by atoms with E-state index in [1.807, 2.05) is 6.07 Å². The molecule has 1 aromatic carbocycles. The van der Waals surface area contributed by atoms with Crippen LogP contribution >= 0.6 is 11.6 Å². The molecule has 0 saturated heterocycles. The van der Waals surface area contributed by atoms with Crippen LogP contribution in [0, 0.1) is 0 Å². The molecule has 0 amide bonds. The van der Waals surface area contributed by atoms with Crippen LogP contribution in [0.15, 0.2) is 18.2 Å². The molecule has 0 N–H and O–H groups in total. The standard InChI is InChI=1S/C13H19Cl/c1-4-6-11-7-8-12(14)9-13(11)10(3)5-2/h7-10H,4-6H2,1-3H3/t10-/m0/s1. The minimum atomic E-state index is 0.621. The third kappa shape index (κ3) is 2.75. The number of halogens is 1. The van der Waals surface area contributed by atoms with E-state index in [1.54, 1.807) is 0 Å². The average Bonchev–Trinajstić information content (AvgIpc) is 2.20. The Kier molecular flexibility index (Phi) is 4.47. The van der Waals surface area contributed by atoms with E-state index >= 15 is 0 Å². The van der Waals surface area contributed by atoms with E-state index in [0.717, 1.165) is 11.4 Å². The molecule has 14 heavy (non-hydrogen) atoms. The predicted octanol–water partition coefficient (Wildman–Crippen LogP) is 4.81. The summed E-state index contributed by atoms with van der Waals surface area (Å²) in [6.07, 6.45) is 3.54. The molecular weight excluding hydrogens is 192 g/mol. The summed E-state index contributed by atoms with van der Waals surface area (Å²) in [4.78, 5) is 0. The topological polar surface area (TPSA) is 0 Å². The van der Waals surface area contributed by atoms with Gasteiger partial charge < -0.3 is 0 Å². The Morgan fingerprint density at radius 2 is 2.00 bits per heavy atom. The second-order valence-electron chi connectivity index (χ2n) is 3.90. The Morgan fingerprint density at radius 1 is 1.29 bits per heavy atom. The van der Waals surface area contributed by atoms with E-state index in [9.17, 15) is 0 Å². The summed E-state index contributed by atoms with van der Waals surface area (Å²) in [5.74, 6) is 0.621. The van der Waals surface area contributed by atoms with Crippen LogP contribution in [-0.2, 0) is 6.42 Å². The minimum absolute atomic E-state index is 0.621. The van der Waals surface area contributed by atoms with Crippen molar-refractivity contribution in [2.75, 3.05) is 0 Å². The highest BCUT2D eigenvalue weighted by Crippen LogP contribution is 2.26. The first kappa shape index (κ1) is 11.6. The van der Waals surface area contributed by atoms with E-state index in [4.69, 9.17) is 11.6 Å². The molecular formula is C13H19Cl. The zero-order valence-corrected chi connectivity index (χ0v) is 10.1. The van der Waals surface area contributed by atoms with Gasteiger partial charge in [0.1, 0.15) is 0 Å². The number of aryl methyl sites for hydroxylation is 1. The normalized spacial score (nSPS) is 12.9. The second kappa shape index (κ2) is 5.41. The molecule has 1 aromatic rings. The molecule has 0 aromatic heterocycles. The maximum absolute atomic E-state index is 6.02. The maximum Gasteiger partial charge on any atom is 0.0409 e. The van der Waals surface area contributed by atoms with Crippen LogP contribution in [-0.4, -0.2) is 0 Å². The van der Waals surface area contributed by atoms with Gasteiger partial charge in [0.25, 0.3) is 0 Å². The molecule has 78 valence electrons. The van der Waals surface area contributed by atoms with Crippen LogP contribution in [0.2, 0.25) is 5.02 Å². The molecule has 0 radical (unpaired) electrons. The van der Waals surface area contributed by atoms with Gasteiger partial charge in [-0.1, -0.05) is 44.9 Å². The third-order valence-corrected chi connectivity index (χ3v) is 3.01. The van der Waals surface area contributed by atoms with Gasteiger partial charge in [0.2, 0.25) is 0 Å². The Hall–Kier alpha value is -0.490. The lowest BCUT2D eigenvalue weighted by Gasteiger charge is -2.14. The molecule has 0 nitrogen and oxygen atoms in total. The summed E-state index contributed by atoms with van der Waals surface area (Å²) in [7, 11) is 0. The molecule has 0 unspecified atom stereocenters. The molecule has 0 aliphatic rings. The van der Waals surface area contributed by atoms with Gasteiger partial charge in [-0.25, -0.2) is 0 Å². The SMILES string of the molecule is CCCc1ccc(Cl)cc1[C@@H](C)CC.